The lowest BCUT2D eigenvalue weighted by Gasteiger charge is -2.32. The SMILES string of the molecule is O=C(c1ccc(F)c(C2CCNCC2)c1)N1CCC(F)(F)CC1. The molecule has 0 radical (unpaired) electrons. The molecule has 2 aliphatic rings. The van der Waals surface area contributed by atoms with Crippen LogP contribution in [0.5, 0.6) is 0 Å². The van der Waals surface area contributed by atoms with E-state index >= 15 is 0 Å². The molecule has 2 heterocycles. The third-order valence-corrected chi connectivity index (χ3v) is 4.80. The summed E-state index contributed by atoms with van der Waals surface area (Å²) in [6, 6.07) is 4.39. The Kier molecular flexibility index (Phi) is 4.62. The molecule has 3 rings (SSSR count). The summed E-state index contributed by atoms with van der Waals surface area (Å²) < 4.78 is 40.5. The van der Waals surface area contributed by atoms with E-state index in [2.05, 4.69) is 5.32 Å². The second-order valence-electron chi connectivity index (χ2n) is 6.41. The Morgan fingerprint density at radius 2 is 1.83 bits per heavy atom. The summed E-state index contributed by atoms with van der Waals surface area (Å²) in [7, 11) is 0. The molecule has 23 heavy (non-hydrogen) atoms. The number of amides is 1. The van der Waals surface area contributed by atoms with Crippen LogP contribution in [0.2, 0.25) is 0 Å². The van der Waals surface area contributed by atoms with E-state index in [1.165, 1.54) is 17.0 Å². The Hall–Kier alpha value is -1.56. The molecule has 1 aromatic carbocycles. The Morgan fingerprint density at radius 3 is 2.48 bits per heavy atom. The number of nitrogens with zero attached hydrogens (tertiary/aromatic N) is 1. The van der Waals surface area contributed by atoms with E-state index < -0.39 is 5.92 Å². The summed E-state index contributed by atoms with van der Waals surface area (Å²) in [5.41, 5.74) is 0.963. The molecule has 2 saturated heterocycles. The van der Waals surface area contributed by atoms with E-state index in [1.807, 2.05) is 0 Å². The molecule has 0 atom stereocenters. The summed E-state index contributed by atoms with van der Waals surface area (Å²) >= 11 is 0. The molecule has 0 saturated carbocycles. The highest BCUT2D eigenvalue weighted by Crippen LogP contribution is 2.30. The zero-order valence-corrected chi connectivity index (χ0v) is 13.0. The molecule has 3 nitrogen and oxygen atoms in total. The molecule has 1 aromatic rings. The van der Waals surface area contributed by atoms with Gasteiger partial charge in [-0.25, -0.2) is 13.2 Å². The first-order valence-corrected chi connectivity index (χ1v) is 8.13. The summed E-state index contributed by atoms with van der Waals surface area (Å²) in [4.78, 5) is 13.9. The molecular formula is C17H21F3N2O. The zero-order valence-electron chi connectivity index (χ0n) is 13.0. The first-order chi connectivity index (χ1) is 11.0. The van der Waals surface area contributed by atoms with Crippen molar-refractivity contribution in [2.75, 3.05) is 26.2 Å². The summed E-state index contributed by atoms with van der Waals surface area (Å²) in [6.45, 7) is 1.77. The highest BCUT2D eigenvalue weighted by molar-refractivity contribution is 5.94. The number of benzene rings is 1. The predicted molar refractivity (Wildman–Crippen MR) is 81.3 cm³/mol. The van der Waals surface area contributed by atoms with Gasteiger partial charge in [0.25, 0.3) is 11.8 Å². The second kappa shape index (κ2) is 6.51. The summed E-state index contributed by atoms with van der Waals surface area (Å²) in [5, 5.41) is 3.23. The van der Waals surface area contributed by atoms with E-state index in [1.54, 1.807) is 6.07 Å². The van der Waals surface area contributed by atoms with Gasteiger partial charge in [-0.15, -0.1) is 0 Å². The minimum atomic E-state index is -2.68. The first-order valence-electron chi connectivity index (χ1n) is 8.13. The van der Waals surface area contributed by atoms with Gasteiger partial charge in [-0.05, 0) is 55.6 Å². The van der Waals surface area contributed by atoms with Crippen LogP contribution in [0.25, 0.3) is 0 Å². The Labute approximate surface area is 133 Å². The average Bonchev–Trinajstić information content (AvgIpc) is 2.55. The van der Waals surface area contributed by atoms with Crippen LogP contribution >= 0.6 is 0 Å². The van der Waals surface area contributed by atoms with E-state index in [-0.39, 0.29) is 43.6 Å². The number of likely N-dealkylation sites (tertiary alicyclic amines) is 1. The van der Waals surface area contributed by atoms with E-state index in [4.69, 9.17) is 0 Å². The number of hydrogen-bond donors (Lipinski definition) is 1. The standard InChI is InChI=1S/C17H21F3N2O/c18-15-2-1-13(11-14(15)12-3-7-21-8-4-12)16(23)22-9-5-17(19,20)6-10-22/h1-2,11-12,21H,3-10H2. The smallest absolute Gasteiger partial charge is 0.253 e. The van der Waals surface area contributed by atoms with Crippen LogP contribution in [0.4, 0.5) is 13.2 Å². The number of nitrogens with one attached hydrogen (secondary N) is 1. The molecular weight excluding hydrogens is 305 g/mol. The fourth-order valence-electron chi connectivity index (χ4n) is 3.34. The second-order valence-corrected chi connectivity index (χ2v) is 6.41. The first kappa shape index (κ1) is 16.3. The fourth-order valence-corrected chi connectivity index (χ4v) is 3.34. The van der Waals surface area contributed by atoms with Gasteiger partial charge in [0, 0.05) is 31.5 Å². The molecule has 0 spiro atoms. The van der Waals surface area contributed by atoms with E-state index in [0.29, 0.717) is 11.1 Å². The topological polar surface area (TPSA) is 32.3 Å². The van der Waals surface area contributed by atoms with Gasteiger partial charge in [0.05, 0.1) is 0 Å². The lowest BCUT2D eigenvalue weighted by atomic mass is 9.88. The average molecular weight is 326 g/mol. The third kappa shape index (κ3) is 3.68. The third-order valence-electron chi connectivity index (χ3n) is 4.80. The monoisotopic (exact) mass is 326 g/mol. The molecule has 126 valence electrons. The summed E-state index contributed by atoms with van der Waals surface area (Å²) in [5.74, 6) is -3.15. The molecule has 0 aliphatic carbocycles. The van der Waals surface area contributed by atoms with Crippen molar-refractivity contribution in [1.29, 1.82) is 0 Å². The van der Waals surface area contributed by atoms with E-state index in [0.717, 1.165) is 25.9 Å². The molecule has 1 N–H and O–H groups in total. The van der Waals surface area contributed by atoms with Gasteiger partial charge in [0.1, 0.15) is 5.82 Å². The number of hydrogen-bond acceptors (Lipinski definition) is 2. The predicted octanol–water partition coefficient (Wildman–Crippen LogP) is 3.16. The Bertz CT molecular complexity index is 575. The van der Waals surface area contributed by atoms with Crippen molar-refractivity contribution in [2.45, 2.75) is 37.5 Å². The number of halogens is 3. The van der Waals surface area contributed by atoms with Crippen molar-refractivity contribution in [3.8, 4) is 0 Å². The quantitative estimate of drug-likeness (QED) is 0.905. The Balaban J connectivity index is 1.76. The van der Waals surface area contributed by atoms with Crippen molar-refractivity contribution in [3.05, 3.63) is 35.1 Å². The van der Waals surface area contributed by atoms with Crippen LogP contribution in [0.15, 0.2) is 18.2 Å². The Morgan fingerprint density at radius 1 is 1.17 bits per heavy atom. The van der Waals surface area contributed by atoms with E-state index in [9.17, 15) is 18.0 Å². The van der Waals surface area contributed by atoms with Crippen LogP contribution in [-0.2, 0) is 0 Å². The van der Waals surface area contributed by atoms with Gasteiger partial charge in [0.15, 0.2) is 0 Å². The van der Waals surface area contributed by atoms with Crippen molar-refractivity contribution in [1.82, 2.24) is 10.2 Å². The van der Waals surface area contributed by atoms with Crippen molar-refractivity contribution in [3.63, 3.8) is 0 Å². The lowest BCUT2D eigenvalue weighted by Crippen LogP contribution is -2.42. The molecule has 2 fully saturated rings. The van der Waals surface area contributed by atoms with Crippen LogP contribution in [0.3, 0.4) is 0 Å². The zero-order chi connectivity index (χ0) is 16.4. The van der Waals surface area contributed by atoms with Gasteiger partial charge in [-0.1, -0.05) is 0 Å². The number of rotatable bonds is 2. The fraction of sp³-hybridized carbons (Fsp3) is 0.588. The molecule has 0 aromatic heterocycles. The van der Waals surface area contributed by atoms with Gasteiger partial charge in [-0.2, -0.15) is 0 Å². The maximum atomic E-state index is 14.1. The maximum absolute atomic E-state index is 14.1. The van der Waals surface area contributed by atoms with Crippen molar-refractivity contribution >= 4 is 5.91 Å². The molecule has 6 heteroatoms. The molecule has 0 bridgehead atoms. The van der Waals surface area contributed by atoms with Crippen molar-refractivity contribution in [2.24, 2.45) is 0 Å². The molecule has 1 amide bonds. The minimum absolute atomic E-state index is 0.0475. The highest BCUT2D eigenvalue weighted by Gasteiger charge is 2.36. The maximum Gasteiger partial charge on any atom is 0.253 e. The van der Waals surface area contributed by atoms with Crippen molar-refractivity contribution < 1.29 is 18.0 Å². The van der Waals surface area contributed by atoms with Gasteiger partial charge in [0.2, 0.25) is 0 Å². The molecule has 2 aliphatic heterocycles. The van der Waals surface area contributed by atoms with Crippen LogP contribution in [0.1, 0.15) is 47.5 Å². The van der Waals surface area contributed by atoms with Gasteiger partial charge >= 0.3 is 0 Å². The minimum Gasteiger partial charge on any atom is -0.338 e. The van der Waals surface area contributed by atoms with Gasteiger partial charge < -0.3 is 10.2 Å². The lowest BCUT2D eigenvalue weighted by molar-refractivity contribution is -0.0494. The number of alkyl halides is 2. The van der Waals surface area contributed by atoms with Crippen LogP contribution in [-0.4, -0.2) is 42.9 Å². The number of carbonyl (C=O) groups excluding carboxylic acids is 1. The normalized spacial score (nSPS) is 22.1. The molecule has 0 unspecified atom stereocenters. The highest BCUT2D eigenvalue weighted by atomic mass is 19.3. The van der Waals surface area contributed by atoms with Crippen LogP contribution < -0.4 is 5.32 Å². The summed E-state index contributed by atoms with van der Waals surface area (Å²) in [6.07, 6.45) is 1.07. The van der Waals surface area contributed by atoms with Gasteiger partial charge in [-0.3, -0.25) is 4.79 Å². The number of carbonyl (C=O) groups is 1. The number of piperidine rings is 2. The largest absolute Gasteiger partial charge is 0.338 e. The van der Waals surface area contributed by atoms with Crippen LogP contribution in [0, 0.1) is 5.82 Å².